The second-order valence-electron chi connectivity index (χ2n) is 2.74. The minimum Gasteiger partial charge on any atom is -0.483 e. The van der Waals surface area contributed by atoms with Crippen LogP contribution in [0.2, 0.25) is 0 Å². The molecule has 0 unspecified atom stereocenters. The van der Waals surface area contributed by atoms with Crippen molar-refractivity contribution in [2.45, 2.75) is 20.8 Å². The Balaban J connectivity index is 4.02. The van der Waals surface area contributed by atoms with Crippen molar-refractivity contribution in [2.75, 3.05) is 13.7 Å². The van der Waals surface area contributed by atoms with Crippen LogP contribution in [0.3, 0.4) is 0 Å². The van der Waals surface area contributed by atoms with Gasteiger partial charge in [0, 0.05) is 0 Å². The molecule has 0 aliphatic carbocycles. The summed E-state index contributed by atoms with van der Waals surface area (Å²) in [6.07, 6.45) is 3.48. The molecule has 0 aliphatic heterocycles. The van der Waals surface area contributed by atoms with Crippen LogP contribution in [0.25, 0.3) is 0 Å². The van der Waals surface area contributed by atoms with E-state index in [9.17, 15) is 4.79 Å². The Bertz CT molecular complexity index is 222. The Morgan fingerprint density at radius 2 is 2.00 bits per heavy atom. The second kappa shape index (κ2) is 6.29. The number of methoxy groups -OCH3 is 1. The average Bonchev–Trinajstić information content (AvgIpc) is 2.11. The molecule has 0 rings (SSSR count). The molecule has 3 nitrogen and oxygen atoms in total. The van der Waals surface area contributed by atoms with Crippen LogP contribution in [0, 0.1) is 0 Å². The Kier molecular flexibility index (Phi) is 5.68. The SMILES string of the molecule is C/C=C(\OCC=C(C)C)C(=O)OC. The number of hydrogen-bond donors (Lipinski definition) is 0. The largest absolute Gasteiger partial charge is 0.483 e. The number of carbonyl (C=O) groups excluding carboxylic acids is 1. The molecule has 0 N–H and O–H groups in total. The highest BCUT2D eigenvalue weighted by Gasteiger charge is 2.07. The molecule has 0 heterocycles. The number of hydrogen-bond acceptors (Lipinski definition) is 3. The van der Waals surface area contributed by atoms with Crippen molar-refractivity contribution >= 4 is 5.97 Å². The maximum atomic E-state index is 11.0. The summed E-state index contributed by atoms with van der Waals surface area (Å²) in [7, 11) is 1.33. The van der Waals surface area contributed by atoms with Crippen LogP contribution < -0.4 is 0 Å². The van der Waals surface area contributed by atoms with Gasteiger partial charge in [-0.3, -0.25) is 0 Å². The van der Waals surface area contributed by atoms with Crippen LogP contribution in [0.15, 0.2) is 23.5 Å². The molecule has 0 aromatic carbocycles. The fourth-order valence-corrected chi connectivity index (χ4v) is 0.659. The van der Waals surface area contributed by atoms with E-state index in [2.05, 4.69) is 4.74 Å². The van der Waals surface area contributed by atoms with Crippen molar-refractivity contribution in [3.05, 3.63) is 23.5 Å². The number of ether oxygens (including phenoxy) is 2. The Morgan fingerprint density at radius 3 is 2.38 bits per heavy atom. The lowest BCUT2D eigenvalue weighted by atomic mass is 10.3. The summed E-state index contributed by atoms with van der Waals surface area (Å²) >= 11 is 0. The van der Waals surface area contributed by atoms with Crippen LogP contribution in [-0.4, -0.2) is 19.7 Å². The highest BCUT2D eigenvalue weighted by Crippen LogP contribution is 2.00. The quantitative estimate of drug-likeness (QED) is 0.290. The van der Waals surface area contributed by atoms with Gasteiger partial charge in [0.25, 0.3) is 0 Å². The fourth-order valence-electron chi connectivity index (χ4n) is 0.659. The summed E-state index contributed by atoms with van der Waals surface area (Å²) in [6, 6.07) is 0. The molecular formula is C10H16O3. The van der Waals surface area contributed by atoms with E-state index in [0.717, 1.165) is 5.57 Å². The standard InChI is InChI=1S/C10H16O3/c1-5-9(10(11)12-4)13-7-6-8(2)3/h5-6H,7H2,1-4H3/b9-5-. The predicted molar refractivity (Wildman–Crippen MR) is 51.2 cm³/mol. The lowest BCUT2D eigenvalue weighted by Crippen LogP contribution is -2.08. The van der Waals surface area contributed by atoms with E-state index in [4.69, 9.17) is 4.74 Å². The van der Waals surface area contributed by atoms with Crippen molar-refractivity contribution < 1.29 is 14.3 Å². The van der Waals surface area contributed by atoms with Gasteiger partial charge in [-0.2, -0.15) is 0 Å². The molecule has 0 fully saturated rings. The third-order valence-electron chi connectivity index (χ3n) is 1.38. The fraction of sp³-hybridized carbons (Fsp3) is 0.500. The summed E-state index contributed by atoms with van der Waals surface area (Å²) in [5.74, 6) is -0.190. The van der Waals surface area contributed by atoms with Gasteiger partial charge in [0.2, 0.25) is 5.76 Å². The molecule has 13 heavy (non-hydrogen) atoms. The zero-order valence-electron chi connectivity index (χ0n) is 8.59. The van der Waals surface area contributed by atoms with Gasteiger partial charge in [0.15, 0.2) is 0 Å². The van der Waals surface area contributed by atoms with E-state index in [-0.39, 0.29) is 5.76 Å². The molecule has 0 aliphatic rings. The maximum absolute atomic E-state index is 11.0. The third kappa shape index (κ3) is 5.06. The smallest absolute Gasteiger partial charge is 0.372 e. The topological polar surface area (TPSA) is 35.5 Å². The first-order valence-corrected chi connectivity index (χ1v) is 4.12. The molecule has 3 heteroatoms. The number of allylic oxidation sites excluding steroid dienone is 2. The van der Waals surface area contributed by atoms with E-state index in [0.29, 0.717) is 6.61 Å². The predicted octanol–water partition coefficient (Wildman–Crippen LogP) is 2.05. The summed E-state index contributed by atoms with van der Waals surface area (Å²) in [6.45, 7) is 6.07. The van der Waals surface area contributed by atoms with E-state index < -0.39 is 5.97 Å². The Morgan fingerprint density at radius 1 is 1.38 bits per heavy atom. The molecule has 74 valence electrons. The van der Waals surface area contributed by atoms with E-state index in [1.807, 2.05) is 19.9 Å². The van der Waals surface area contributed by atoms with Gasteiger partial charge in [-0.25, -0.2) is 4.79 Å². The number of rotatable bonds is 4. The lowest BCUT2D eigenvalue weighted by Gasteiger charge is -2.05. The zero-order valence-corrected chi connectivity index (χ0v) is 8.59. The normalized spacial score (nSPS) is 10.6. The van der Waals surface area contributed by atoms with Gasteiger partial charge >= 0.3 is 5.97 Å². The monoisotopic (exact) mass is 184 g/mol. The van der Waals surface area contributed by atoms with Gasteiger partial charge in [-0.15, -0.1) is 0 Å². The summed E-state index contributed by atoms with van der Waals surface area (Å²) < 4.78 is 9.67. The first kappa shape index (κ1) is 11.8. The van der Waals surface area contributed by atoms with Crippen LogP contribution in [0.5, 0.6) is 0 Å². The zero-order chi connectivity index (χ0) is 10.3. The second-order valence-corrected chi connectivity index (χ2v) is 2.74. The summed E-state index contributed by atoms with van der Waals surface area (Å²) in [5.41, 5.74) is 1.15. The van der Waals surface area contributed by atoms with E-state index in [1.165, 1.54) is 7.11 Å². The Hall–Kier alpha value is -1.25. The summed E-state index contributed by atoms with van der Waals surface area (Å²) in [5, 5.41) is 0. The van der Waals surface area contributed by atoms with E-state index >= 15 is 0 Å². The molecule has 0 saturated carbocycles. The minimum atomic E-state index is -0.440. The Labute approximate surface area is 79.0 Å². The van der Waals surface area contributed by atoms with Crippen LogP contribution in [0.4, 0.5) is 0 Å². The summed E-state index contributed by atoms with van der Waals surface area (Å²) in [4.78, 5) is 11.0. The van der Waals surface area contributed by atoms with Gasteiger partial charge in [0.05, 0.1) is 7.11 Å². The average molecular weight is 184 g/mol. The molecule has 0 aromatic rings. The van der Waals surface area contributed by atoms with Crippen LogP contribution in [0.1, 0.15) is 20.8 Å². The molecule has 0 bridgehead atoms. The third-order valence-corrected chi connectivity index (χ3v) is 1.38. The molecule has 0 aromatic heterocycles. The molecular weight excluding hydrogens is 168 g/mol. The number of carbonyl (C=O) groups is 1. The number of esters is 1. The van der Waals surface area contributed by atoms with Crippen molar-refractivity contribution in [2.24, 2.45) is 0 Å². The van der Waals surface area contributed by atoms with Gasteiger partial charge < -0.3 is 9.47 Å². The van der Waals surface area contributed by atoms with Crippen molar-refractivity contribution in [3.63, 3.8) is 0 Å². The van der Waals surface area contributed by atoms with Crippen LogP contribution in [-0.2, 0) is 14.3 Å². The van der Waals surface area contributed by atoms with Crippen molar-refractivity contribution in [1.29, 1.82) is 0 Å². The molecule has 0 amide bonds. The highest BCUT2D eigenvalue weighted by molar-refractivity contribution is 5.85. The lowest BCUT2D eigenvalue weighted by molar-refractivity contribution is -0.139. The minimum absolute atomic E-state index is 0.250. The van der Waals surface area contributed by atoms with Crippen molar-refractivity contribution in [1.82, 2.24) is 0 Å². The highest BCUT2D eigenvalue weighted by atomic mass is 16.6. The first-order valence-electron chi connectivity index (χ1n) is 4.12. The molecule has 0 spiro atoms. The van der Waals surface area contributed by atoms with Crippen LogP contribution >= 0.6 is 0 Å². The molecule has 0 saturated heterocycles. The molecule has 0 atom stereocenters. The molecule has 0 radical (unpaired) electrons. The van der Waals surface area contributed by atoms with E-state index in [1.54, 1.807) is 13.0 Å². The van der Waals surface area contributed by atoms with Gasteiger partial charge in [-0.05, 0) is 32.9 Å². The van der Waals surface area contributed by atoms with Crippen molar-refractivity contribution in [3.8, 4) is 0 Å². The maximum Gasteiger partial charge on any atom is 0.372 e. The van der Waals surface area contributed by atoms with Gasteiger partial charge in [0.1, 0.15) is 6.61 Å². The first-order chi connectivity index (χ1) is 6.11. The van der Waals surface area contributed by atoms with Gasteiger partial charge in [-0.1, -0.05) is 5.57 Å².